The third-order valence-electron chi connectivity index (χ3n) is 1.75. The Hall–Kier alpha value is -0.220. The highest BCUT2D eigenvalue weighted by molar-refractivity contribution is 4.84. The van der Waals surface area contributed by atoms with Crippen LogP contribution in [0.15, 0.2) is 0 Å². The SMILES string of the molecule is CC.CC.CN1CCC(O)C(F)(F)C1. The molecule has 2 nitrogen and oxygen atoms in total. The van der Waals surface area contributed by atoms with E-state index in [1.165, 1.54) is 4.90 Å². The second-order valence-corrected chi connectivity index (χ2v) is 2.80. The van der Waals surface area contributed by atoms with E-state index in [1.807, 2.05) is 27.7 Å². The average Bonchev–Trinajstić information content (AvgIpc) is 2.18. The van der Waals surface area contributed by atoms with E-state index < -0.39 is 12.0 Å². The van der Waals surface area contributed by atoms with Crippen LogP contribution in [0.25, 0.3) is 0 Å². The molecule has 1 N–H and O–H groups in total. The molecule has 1 rings (SSSR count). The lowest BCUT2D eigenvalue weighted by Gasteiger charge is -2.33. The smallest absolute Gasteiger partial charge is 0.285 e. The van der Waals surface area contributed by atoms with Crippen molar-refractivity contribution in [3.63, 3.8) is 0 Å². The highest BCUT2D eigenvalue weighted by Crippen LogP contribution is 2.25. The van der Waals surface area contributed by atoms with Crippen LogP contribution in [0, 0.1) is 0 Å². The van der Waals surface area contributed by atoms with E-state index in [0.717, 1.165) is 0 Å². The summed E-state index contributed by atoms with van der Waals surface area (Å²) in [5.74, 6) is -2.91. The van der Waals surface area contributed by atoms with E-state index in [1.54, 1.807) is 7.05 Å². The maximum absolute atomic E-state index is 12.6. The molecule has 88 valence electrons. The summed E-state index contributed by atoms with van der Waals surface area (Å²) in [7, 11) is 1.62. The van der Waals surface area contributed by atoms with Crippen LogP contribution >= 0.6 is 0 Å². The van der Waals surface area contributed by atoms with Gasteiger partial charge in [0.05, 0.1) is 6.54 Å². The van der Waals surface area contributed by atoms with Crippen LogP contribution in [0.5, 0.6) is 0 Å². The van der Waals surface area contributed by atoms with Crippen molar-refractivity contribution in [2.24, 2.45) is 0 Å². The fourth-order valence-electron chi connectivity index (χ4n) is 1.10. The van der Waals surface area contributed by atoms with E-state index >= 15 is 0 Å². The zero-order valence-electron chi connectivity index (χ0n) is 9.85. The first-order chi connectivity index (χ1) is 6.52. The van der Waals surface area contributed by atoms with E-state index in [0.29, 0.717) is 6.54 Å². The number of aliphatic hydroxyl groups is 1. The molecule has 1 heterocycles. The minimum atomic E-state index is -2.91. The number of alkyl halides is 2. The Bertz CT molecular complexity index is 131. The van der Waals surface area contributed by atoms with Crippen molar-refractivity contribution in [3.8, 4) is 0 Å². The molecule has 1 fully saturated rings. The molecule has 0 saturated carbocycles. The molecular weight excluding hydrogens is 188 g/mol. The first kappa shape index (κ1) is 16.2. The van der Waals surface area contributed by atoms with E-state index in [-0.39, 0.29) is 13.0 Å². The average molecular weight is 211 g/mol. The molecule has 0 bridgehead atoms. The largest absolute Gasteiger partial charge is 0.387 e. The molecule has 0 aromatic rings. The first-order valence-electron chi connectivity index (χ1n) is 5.27. The van der Waals surface area contributed by atoms with Gasteiger partial charge in [0.25, 0.3) is 5.92 Å². The number of halogens is 2. The van der Waals surface area contributed by atoms with Gasteiger partial charge in [0.2, 0.25) is 0 Å². The van der Waals surface area contributed by atoms with Gasteiger partial charge in [0.15, 0.2) is 0 Å². The Balaban J connectivity index is 0. The quantitative estimate of drug-likeness (QED) is 0.665. The van der Waals surface area contributed by atoms with Crippen molar-refractivity contribution in [3.05, 3.63) is 0 Å². The minimum Gasteiger partial charge on any atom is -0.387 e. The van der Waals surface area contributed by atoms with Crippen LogP contribution in [-0.4, -0.2) is 42.2 Å². The van der Waals surface area contributed by atoms with Crippen molar-refractivity contribution in [1.82, 2.24) is 4.90 Å². The van der Waals surface area contributed by atoms with Crippen LogP contribution in [0.2, 0.25) is 0 Å². The van der Waals surface area contributed by atoms with Crippen molar-refractivity contribution in [1.29, 1.82) is 0 Å². The number of hydrogen-bond acceptors (Lipinski definition) is 2. The van der Waals surface area contributed by atoms with E-state index in [4.69, 9.17) is 5.11 Å². The lowest BCUT2D eigenvalue weighted by molar-refractivity contribution is -0.145. The molecule has 0 aromatic heterocycles. The van der Waals surface area contributed by atoms with Crippen molar-refractivity contribution >= 4 is 0 Å². The summed E-state index contributed by atoms with van der Waals surface area (Å²) in [6.07, 6.45) is -1.27. The van der Waals surface area contributed by atoms with Crippen molar-refractivity contribution < 1.29 is 13.9 Å². The van der Waals surface area contributed by atoms with Gasteiger partial charge in [-0.1, -0.05) is 27.7 Å². The molecule has 1 atom stereocenters. The normalized spacial score (nSPS) is 25.3. The summed E-state index contributed by atoms with van der Waals surface area (Å²) in [5, 5.41) is 8.78. The topological polar surface area (TPSA) is 23.5 Å². The van der Waals surface area contributed by atoms with Gasteiger partial charge in [-0.3, -0.25) is 0 Å². The van der Waals surface area contributed by atoms with Gasteiger partial charge in [0.1, 0.15) is 6.10 Å². The van der Waals surface area contributed by atoms with Gasteiger partial charge in [-0.05, 0) is 13.5 Å². The van der Waals surface area contributed by atoms with Crippen molar-refractivity contribution in [2.75, 3.05) is 20.1 Å². The monoisotopic (exact) mass is 211 g/mol. The second kappa shape index (κ2) is 8.12. The van der Waals surface area contributed by atoms with Crippen LogP contribution in [0.3, 0.4) is 0 Å². The molecule has 4 heteroatoms. The zero-order chi connectivity index (χ0) is 11.8. The standard InChI is InChI=1S/C6H11F2NO.2C2H6/c1-9-3-2-5(10)6(7,8)4-9;2*1-2/h5,10H,2-4H2,1H3;2*1-2H3. The Morgan fingerprint density at radius 2 is 1.64 bits per heavy atom. The number of nitrogens with zero attached hydrogens (tertiary/aromatic N) is 1. The van der Waals surface area contributed by atoms with Gasteiger partial charge in [0, 0.05) is 6.54 Å². The molecule has 0 aromatic carbocycles. The fraction of sp³-hybridized carbons (Fsp3) is 1.00. The predicted molar refractivity (Wildman–Crippen MR) is 55.8 cm³/mol. The molecule has 1 saturated heterocycles. The Morgan fingerprint density at radius 3 is 1.93 bits per heavy atom. The van der Waals surface area contributed by atoms with Gasteiger partial charge in [-0.25, -0.2) is 8.78 Å². The molecule has 1 aliphatic heterocycles. The maximum Gasteiger partial charge on any atom is 0.285 e. The van der Waals surface area contributed by atoms with Gasteiger partial charge in [-0.15, -0.1) is 0 Å². The number of likely N-dealkylation sites (tertiary alicyclic amines) is 1. The van der Waals surface area contributed by atoms with Crippen molar-refractivity contribution in [2.45, 2.75) is 46.1 Å². The highest BCUT2D eigenvalue weighted by atomic mass is 19.3. The maximum atomic E-state index is 12.6. The summed E-state index contributed by atoms with van der Waals surface area (Å²) < 4.78 is 25.1. The van der Waals surface area contributed by atoms with Crippen LogP contribution < -0.4 is 0 Å². The minimum absolute atomic E-state index is 0.170. The summed E-state index contributed by atoms with van der Waals surface area (Å²) >= 11 is 0. The summed E-state index contributed by atoms with van der Waals surface area (Å²) in [5.41, 5.74) is 0. The van der Waals surface area contributed by atoms with Gasteiger partial charge < -0.3 is 10.0 Å². The number of hydrogen-bond donors (Lipinski definition) is 1. The fourth-order valence-corrected chi connectivity index (χ4v) is 1.10. The molecule has 14 heavy (non-hydrogen) atoms. The third kappa shape index (κ3) is 5.50. The lowest BCUT2D eigenvalue weighted by Crippen LogP contribution is -2.49. The number of aliphatic hydroxyl groups excluding tert-OH is 1. The summed E-state index contributed by atoms with van der Waals surface area (Å²) in [6, 6.07) is 0. The van der Waals surface area contributed by atoms with Crippen LogP contribution in [0.4, 0.5) is 8.78 Å². The molecule has 1 aliphatic rings. The predicted octanol–water partition coefficient (Wildman–Crippen LogP) is 2.37. The van der Waals surface area contributed by atoms with Gasteiger partial charge in [-0.2, -0.15) is 0 Å². The Morgan fingerprint density at radius 1 is 1.21 bits per heavy atom. The Kier molecular flexibility index (Phi) is 9.41. The Labute approximate surface area is 85.9 Å². The first-order valence-corrected chi connectivity index (χ1v) is 5.27. The molecule has 0 amide bonds. The third-order valence-corrected chi connectivity index (χ3v) is 1.75. The molecular formula is C10H23F2NO. The second-order valence-electron chi connectivity index (χ2n) is 2.80. The number of piperidine rings is 1. The van der Waals surface area contributed by atoms with E-state index in [2.05, 4.69) is 0 Å². The summed E-state index contributed by atoms with van der Waals surface area (Å²) in [4.78, 5) is 1.52. The summed E-state index contributed by atoms with van der Waals surface area (Å²) in [6.45, 7) is 8.23. The highest BCUT2D eigenvalue weighted by Gasteiger charge is 2.42. The van der Waals surface area contributed by atoms with Crippen LogP contribution in [-0.2, 0) is 0 Å². The molecule has 0 spiro atoms. The molecule has 0 aliphatic carbocycles. The van der Waals surface area contributed by atoms with Gasteiger partial charge >= 0.3 is 0 Å². The number of rotatable bonds is 0. The molecule has 1 unspecified atom stereocenters. The molecule has 0 radical (unpaired) electrons. The lowest BCUT2D eigenvalue weighted by atomic mass is 10.1. The van der Waals surface area contributed by atoms with Crippen LogP contribution in [0.1, 0.15) is 34.1 Å². The zero-order valence-corrected chi connectivity index (χ0v) is 9.85. The van der Waals surface area contributed by atoms with E-state index in [9.17, 15) is 8.78 Å².